The third-order valence-corrected chi connectivity index (χ3v) is 8.04. The molecule has 0 bridgehead atoms. The highest BCUT2D eigenvalue weighted by atomic mass is 16.1. The van der Waals surface area contributed by atoms with Gasteiger partial charge >= 0.3 is 0 Å². The average molecular weight is 459 g/mol. The second-order valence-electron chi connectivity index (χ2n) is 9.70. The van der Waals surface area contributed by atoms with Gasteiger partial charge in [-0.3, -0.25) is 14.3 Å². The Bertz CT molecular complexity index is 1420. The Balaban J connectivity index is 1.68. The summed E-state index contributed by atoms with van der Waals surface area (Å²) in [6.07, 6.45) is 5.76. The average Bonchev–Trinajstić information content (AvgIpc) is 3.32. The van der Waals surface area contributed by atoms with Gasteiger partial charge in [-0.05, 0) is 55.0 Å². The number of benzene rings is 2. The van der Waals surface area contributed by atoms with E-state index in [1.807, 2.05) is 43.3 Å². The van der Waals surface area contributed by atoms with Crippen LogP contribution in [-0.2, 0) is 16.6 Å². The first-order valence-electron chi connectivity index (χ1n) is 12.2. The lowest BCUT2D eigenvalue weighted by molar-refractivity contribution is -0.131. The van der Waals surface area contributed by atoms with Crippen LogP contribution in [0.1, 0.15) is 36.7 Å². The molecule has 4 aromatic rings. The lowest BCUT2D eigenvalue weighted by Gasteiger charge is -2.50. The van der Waals surface area contributed by atoms with Gasteiger partial charge in [-0.1, -0.05) is 55.5 Å². The van der Waals surface area contributed by atoms with Crippen molar-refractivity contribution in [2.45, 2.75) is 31.6 Å². The zero-order chi connectivity index (χ0) is 24.0. The fourth-order valence-corrected chi connectivity index (χ4v) is 6.48. The number of hydrogen-bond acceptors (Lipinski definition) is 4. The topological polar surface area (TPSA) is 71.6 Å². The van der Waals surface area contributed by atoms with E-state index in [2.05, 4.69) is 52.0 Å². The second kappa shape index (κ2) is 8.32. The van der Waals surface area contributed by atoms with E-state index in [-0.39, 0.29) is 17.6 Å². The summed E-state index contributed by atoms with van der Waals surface area (Å²) in [5.41, 5.74) is 4.88. The van der Waals surface area contributed by atoms with Crippen LogP contribution >= 0.6 is 0 Å². The molecule has 0 radical (unpaired) electrons. The Labute approximate surface area is 205 Å². The minimum atomic E-state index is -0.640. The van der Waals surface area contributed by atoms with Gasteiger partial charge in [0.25, 0.3) is 0 Å². The van der Waals surface area contributed by atoms with Gasteiger partial charge < -0.3 is 0 Å². The van der Waals surface area contributed by atoms with Crippen molar-refractivity contribution in [3.8, 4) is 23.1 Å². The number of imidazole rings is 1. The van der Waals surface area contributed by atoms with Crippen LogP contribution in [0.5, 0.6) is 0 Å². The molecule has 4 atom stereocenters. The first-order valence-corrected chi connectivity index (χ1v) is 12.2. The molecule has 0 saturated heterocycles. The number of ketones is 1. The summed E-state index contributed by atoms with van der Waals surface area (Å²) in [4.78, 5) is 22.7. The summed E-state index contributed by atoms with van der Waals surface area (Å²) in [7, 11) is 0. The van der Waals surface area contributed by atoms with Gasteiger partial charge in [0.2, 0.25) is 0 Å². The number of fused-ring (bicyclic) bond motifs is 3. The summed E-state index contributed by atoms with van der Waals surface area (Å²) in [5.74, 6) is 0.201. The van der Waals surface area contributed by atoms with Gasteiger partial charge in [-0.15, -0.1) is 0 Å². The fraction of sp³-hybridized carbons (Fsp3) is 0.267. The van der Waals surface area contributed by atoms with Crippen LogP contribution in [0.2, 0.25) is 0 Å². The SMILES string of the molecule is C[C@@H]1C(=O)C(C#N)C[C@]2(c3ccccc3)c3nc(-c4ccncc4)n(-c4ccccc4)c3CC[C@@H]12. The maximum absolute atomic E-state index is 13.2. The number of nitriles is 1. The maximum atomic E-state index is 13.2. The van der Waals surface area contributed by atoms with Crippen LogP contribution in [0, 0.1) is 29.1 Å². The van der Waals surface area contributed by atoms with Crippen LogP contribution in [0.3, 0.4) is 0 Å². The van der Waals surface area contributed by atoms with E-state index in [1.165, 1.54) is 5.69 Å². The van der Waals surface area contributed by atoms with E-state index >= 15 is 0 Å². The smallest absolute Gasteiger partial charge is 0.153 e. The molecule has 1 saturated carbocycles. The molecule has 5 nitrogen and oxygen atoms in total. The lowest BCUT2D eigenvalue weighted by Crippen LogP contribution is -2.52. The molecule has 0 spiro atoms. The van der Waals surface area contributed by atoms with Crippen molar-refractivity contribution >= 4 is 5.78 Å². The molecule has 35 heavy (non-hydrogen) atoms. The summed E-state index contributed by atoms with van der Waals surface area (Å²) >= 11 is 0. The molecule has 2 aromatic heterocycles. The largest absolute Gasteiger partial charge is 0.298 e. The molecule has 6 rings (SSSR count). The molecule has 2 aliphatic carbocycles. The predicted molar refractivity (Wildman–Crippen MR) is 134 cm³/mol. The van der Waals surface area contributed by atoms with E-state index in [4.69, 9.17) is 4.98 Å². The summed E-state index contributed by atoms with van der Waals surface area (Å²) in [6, 6.07) is 27.1. The highest BCUT2D eigenvalue weighted by molar-refractivity contribution is 5.87. The molecular formula is C30H26N4O. The van der Waals surface area contributed by atoms with E-state index in [0.717, 1.165) is 41.2 Å². The normalized spacial score (nSPS) is 25.4. The number of para-hydroxylation sites is 1. The summed E-state index contributed by atoms with van der Waals surface area (Å²) in [6.45, 7) is 2.01. The van der Waals surface area contributed by atoms with Crippen molar-refractivity contribution in [2.75, 3.05) is 0 Å². The van der Waals surface area contributed by atoms with Crippen molar-refractivity contribution < 1.29 is 4.79 Å². The molecule has 0 amide bonds. The lowest BCUT2D eigenvalue weighted by atomic mass is 9.51. The predicted octanol–water partition coefficient (Wildman–Crippen LogP) is 5.53. The third-order valence-electron chi connectivity index (χ3n) is 8.04. The number of nitrogens with zero attached hydrogens (tertiary/aromatic N) is 4. The molecule has 2 heterocycles. The van der Waals surface area contributed by atoms with Gasteiger partial charge in [-0.2, -0.15) is 5.26 Å². The van der Waals surface area contributed by atoms with Crippen LogP contribution in [0.15, 0.2) is 85.2 Å². The number of carbonyl (C=O) groups is 1. The molecule has 172 valence electrons. The molecule has 1 fully saturated rings. The van der Waals surface area contributed by atoms with Gasteiger partial charge in [0, 0.05) is 40.7 Å². The van der Waals surface area contributed by atoms with Crippen molar-refractivity contribution in [3.05, 3.63) is 102 Å². The Morgan fingerprint density at radius 2 is 1.69 bits per heavy atom. The van der Waals surface area contributed by atoms with Crippen LogP contribution in [-0.4, -0.2) is 20.3 Å². The van der Waals surface area contributed by atoms with Crippen molar-refractivity contribution in [3.63, 3.8) is 0 Å². The molecular weight excluding hydrogens is 432 g/mol. The summed E-state index contributed by atoms with van der Waals surface area (Å²) in [5, 5.41) is 9.99. The Morgan fingerprint density at radius 1 is 1.00 bits per heavy atom. The molecule has 5 heteroatoms. The maximum Gasteiger partial charge on any atom is 0.153 e. The molecule has 0 N–H and O–H groups in total. The third kappa shape index (κ3) is 3.17. The monoisotopic (exact) mass is 458 g/mol. The second-order valence-corrected chi connectivity index (χ2v) is 9.70. The van der Waals surface area contributed by atoms with Crippen LogP contribution in [0.4, 0.5) is 0 Å². The molecule has 2 aliphatic rings. The van der Waals surface area contributed by atoms with Crippen molar-refractivity contribution in [1.82, 2.24) is 14.5 Å². The van der Waals surface area contributed by atoms with E-state index in [1.54, 1.807) is 12.4 Å². The zero-order valence-corrected chi connectivity index (χ0v) is 19.6. The minimum Gasteiger partial charge on any atom is -0.298 e. The highest BCUT2D eigenvalue weighted by Gasteiger charge is 2.57. The minimum absolute atomic E-state index is 0.0735. The number of carbonyl (C=O) groups excluding carboxylic acids is 1. The first kappa shape index (κ1) is 21.5. The van der Waals surface area contributed by atoms with Crippen molar-refractivity contribution in [2.24, 2.45) is 17.8 Å². The van der Waals surface area contributed by atoms with Gasteiger partial charge in [0.05, 0.1) is 11.8 Å². The van der Waals surface area contributed by atoms with Crippen LogP contribution < -0.4 is 0 Å². The van der Waals surface area contributed by atoms with Crippen molar-refractivity contribution in [1.29, 1.82) is 5.26 Å². The van der Waals surface area contributed by atoms with Gasteiger partial charge in [0.1, 0.15) is 11.7 Å². The van der Waals surface area contributed by atoms with Gasteiger partial charge in [0.15, 0.2) is 5.78 Å². The highest BCUT2D eigenvalue weighted by Crippen LogP contribution is 2.56. The molecule has 0 aliphatic heterocycles. The summed E-state index contributed by atoms with van der Waals surface area (Å²) < 4.78 is 2.27. The number of Topliss-reactive ketones (excluding diaryl/α,β-unsaturated/α-hetero) is 1. The fourth-order valence-electron chi connectivity index (χ4n) is 6.48. The Kier molecular flexibility index (Phi) is 5.11. The number of pyridine rings is 1. The number of hydrogen-bond donors (Lipinski definition) is 0. The quantitative estimate of drug-likeness (QED) is 0.405. The van der Waals surface area contributed by atoms with E-state index < -0.39 is 11.3 Å². The molecule has 2 aromatic carbocycles. The zero-order valence-electron chi connectivity index (χ0n) is 19.6. The standard InChI is InChI=1S/C30H26N4O/c1-20-25-12-13-26-28(30(25,18-22(19-31)27(20)35)23-8-4-2-5-9-23)33-29(21-14-16-32-17-15-21)34(26)24-10-6-3-7-11-24/h2-11,14-17,20,22,25H,12-13,18H2,1H3/t20-,22?,25-,30+/m0/s1. The molecule has 1 unspecified atom stereocenters. The first-order chi connectivity index (χ1) is 17.1. The number of aromatic nitrogens is 3. The van der Waals surface area contributed by atoms with Crippen LogP contribution in [0.25, 0.3) is 17.1 Å². The van der Waals surface area contributed by atoms with Gasteiger partial charge in [-0.25, -0.2) is 4.98 Å². The van der Waals surface area contributed by atoms with E-state index in [0.29, 0.717) is 6.42 Å². The number of rotatable bonds is 3. The Hall–Kier alpha value is -4.04. The Morgan fingerprint density at radius 3 is 2.37 bits per heavy atom. The van der Waals surface area contributed by atoms with E-state index in [9.17, 15) is 10.1 Å².